The number of fused-ring (bicyclic) bond motifs is 1. The number of halogens is 2. The van der Waals surface area contributed by atoms with Gasteiger partial charge in [0.15, 0.2) is 5.76 Å². The molecule has 0 aliphatic carbocycles. The fraction of sp³-hybridized carbons (Fsp3) is 0.0769. The molecule has 2 aromatic heterocycles. The average Bonchev–Trinajstić information content (AvgIpc) is 2.74. The van der Waals surface area contributed by atoms with Crippen molar-refractivity contribution in [1.29, 1.82) is 0 Å². The Labute approximate surface area is 107 Å². The molecule has 3 rings (SSSR count). The molecule has 1 aromatic carbocycles. The highest BCUT2D eigenvalue weighted by Gasteiger charge is 2.11. The Morgan fingerprint density at radius 2 is 2.11 bits per heavy atom. The zero-order chi connectivity index (χ0) is 12.7. The first-order chi connectivity index (χ1) is 8.63. The molecule has 0 spiro atoms. The van der Waals surface area contributed by atoms with Gasteiger partial charge in [-0.15, -0.1) is 0 Å². The summed E-state index contributed by atoms with van der Waals surface area (Å²) in [5.74, 6) is 0.254. The van der Waals surface area contributed by atoms with Gasteiger partial charge < -0.3 is 4.42 Å². The molecule has 0 aliphatic heterocycles. The largest absolute Gasteiger partial charge is 0.454 e. The lowest BCUT2D eigenvalue weighted by molar-refractivity contribution is 0.617. The Kier molecular flexibility index (Phi) is 2.52. The van der Waals surface area contributed by atoms with Crippen molar-refractivity contribution >= 4 is 22.6 Å². The molecule has 90 valence electrons. The number of aromatic nitrogens is 2. The number of rotatable bonds is 1. The zero-order valence-electron chi connectivity index (χ0n) is 9.45. The van der Waals surface area contributed by atoms with Crippen molar-refractivity contribution in [2.24, 2.45) is 0 Å². The summed E-state index contributed by atoms with van der Waals surface area (Å²) >= 11 is 5.77. The van der Waals surface area contributed by atoms with Crippen LogP contribution in [0.3, 0.4) is 0 Å². The van der Waals surface area contributed by atoms with E-state index in [0.717, 1.165) is 5.56 Å². The summed E-state index contributed by atoms with van der Waals surface area (Å²) < 4.78 is 18.7. The second-order valence-electron chi connectivity index (χ2n) is 3.96. The number of hydrogen-bond donors (Lipinski definition) is 0. The molecule has 3 nitrogen and oxygen atoms in total. The quantitative estimate of drug-likeness (QED) is 0.623. The van der Waals surface area contributed by atoms with Gasteiger partial charge in [0.2, 0.25) is 5.28 Å². The number of nitrogens with zero attached hydrogens (tertiary/aromatic N) is 2. The average molecular weight is 263 g/mol. The van der Waals surface area contributed by atoms with Crippen LogP contribution in [0.1, 0.15) is 5.56 Å². The SMILES string of the molecule is Cc1cnc(Cl)nc1-c1cc2cc(F)ccc2o1. The van der Waals surface area contributed by atoms with Gasteiger partial charge in [-0.05, 0) is 48.4 Å². The minimum absolute atomic E-state index is 0.155. The highest BCUT2D eigenvalue weighted by atomic mass is 35.5. The first-order valence-electron chi connectivity index (χ1n) is 5.32. The van der Waals surface area contributed by atoms with Gasteiger partial charge in [-0.2, -0.15) is 0 Å². The van der Waals surface area contributed by atoms with Gasteiger partial charge in [0.1, 0.15) is 17.1 Å². The number of hydrogen-bond acceptors (Lipinski definition) is 3. The molecule has 0 saturated carbocycles. The maximum Gasteiger partial charge on any atom is 0.223 e. The highest BCUT2D eigenvalue weighted by Crippen LogP contribution is 2.29. The molecule has 0 fully saturated rings. The molecular formula is C13H8ClFN2O. The van der Waals surface area contributed by atoms with E-state index in [-0.39, 0.29) is 11.1 Å². The van der Waals surface area contributed by atoms with Crippen molar-refractivity contribution in [2.75, 3.05) is 0 Å². The zero-order valence-corrected chi connectivity index (χ0v) is 10.2. The number of furan rings is 1. The van der Waals surface area contributed by atoms with E-state index in [1.807, 2.05) is 6.92 Å². The standard InChI is InChI=1S/C13H8ClFN2O/c1-7-6-16-13(14)17-12(7)11-5-8-4-9(15)2-3-10(8)18-11/h2-6H,1H3. The lowest BCUT2D eigenvalue weighted by Crippen LogP contribution is -1.89. The third-order valence-electron chi connectivity index (χ3n) is 2.65. The first-order valence-corrected chi connectivity index (χ1v) is 5.70. The van der Waals surface area contributed by atoms with Crippen molar-refractivity contribution in [2.45, 2.75) is 6.92 Å². The normalized spacial score (nSPS) is 11.1. The van der Waals surface area contributed by atoms with Crippen LogP contribution in [-0.4, -0.2) is 9.97 Å². The van der Waals surface area contributed by atoms with Crippen LogP contribution in [-0.2, 0) is 0 Å². The van der Waals surface area contributed by atoms with Crippen molar-refractivity contribution < 1.29 is 8.81 Å². The maximum absolute atomic E-state index is 13.1. The lowest BCUT2D eigenvalue weighted by atomic mass is 10.2. The minimum Gasteiger partial charge on any atom is -0.454 e. The Balaban J connectivity index is 2.22. The van der Waals surface area contributed by atoms with E-state index in [0.29, 0.717) is 22.4 Å². The van der Waals surface area contributed by atoms with Crippen molar-refractivity contribution in [3.63, 3.8) is 0 Å². The second kappa shape index (κ2) is 4.07. The Morgan fingerprint density at radius 1 is 1.28 bits per heavy atom. The van der Waals surface area contributed by atoms with Crippen LogP contribution in [0.25, 0.3) is 22.4 Å². The second-order valence-corrected chi connectivity index (χ2v) is 4.30. The summed E-state index contributed by atoms with van der Waals surface area (Å²) in [4.78, 5) is 8.01. The summed E-state index contributed by atoms with van der Waals surface area (Å²) in [5, 5.41) is 0.848. The molecular weight excluding hydrogens is 255 g/mol. The molecule has 18 heavy (non-hydrogen) atoms. The summed E-state index contributed by atoms with van der Waals surface area (Å²) in [7, 11) is 0. The van der Waals surface area contributed by atoms with Crippen LogP contribution < -0.4 is 0 Å². The molecule has 0 saturated heterocycles. The Hall–Kier alpha value is -1.94. The van der Waals surface area contributed by atoms with Crippen LogP contribution in [0.5, 0.6) is 0 Å². The Morgan fingerprint density at radius 3 is 2.94 bits per heavy atom. The van der Waals surface area contributed by atoms with E-state index >= 15 is 0 Å². The van der Waals surface area contributed by atoms with E-state index < -0.39 is 0 Å². The van der Waals surface area contributed by atoms with Crippen LogP contribution in [0.15, 0.2) is 34.9 Å². The minimum atomic E-state index is -0.299. The fourth-order valence-electron chi connectivity index (χ4n) is 1.80. The van der Waals surface area contributed by atoms with E-state index in [9.17, 15) is 4.39 Å². The van der Waals surface area contributed by atoms with Gasteiger partial charge in [-0.25, -0.2) is 14.4 Å². The predicted molar refractivity (Wildman–Crippen MR) is 66.9 cm³/mol. The summed E-state index contributed by atoms with van der Waals surface area (Å²) in [6.45, 7) is 1.86. The van der Waals surface area contributed by atoms with Gasteiger partial charge in [0.25, 0.3) is 0 Å². The monoisotopic (exact) mass is 262 g/mol. The summed E-state index contributed by atoms with van der Waals surface area (Å²) in [5.41, 5.74) is 2.08. The Bertz CT molecular complexity index is 739. The molecule has 0 amide bonds. The molecule has 0 bridgehead atoms. The van der Waals surface area contributed by atoms with Crippen molar-refractivity contribution in [3.05, 3.63) is 47.1 Å². The predicted octanol–water partition coefficient (Wildman–Crippen LogP) is 3.99. The van der Waals surface area contributed by atoms with E-state index in [1.165, 1.54) is 12.1 Å². The van der Waals surface area contributed by atoms with Crippen LogP contribution in [0.2, 0.25) is 5.28 Å². The molecule has 0 atom stereocenters. The van der Waals surface area contributed by atoms with Crippen LogP contribution >= 0.6 is 11.6 Å². The highest BCUT2D eigenvalue weighted by molar-refractivity contribution is 6.28. The molecule has 0 N–H and O–H groups in total. The van der Waals surface area contributed by atoms with Gasteiger partial charge in [-0.3, -0.25) is 0 Å². The van der Waals surface area contributed by atoms with Gasteiger partial charge in [0.05, 0.1) is 0 Å². The third kappa shape index (κ3) is 1.84. The first kappa shape index (κ1) is 11.2. The molecule has 0 aliphatic rings. The molecule has 3 aromatic rings. The van der Waals surface area contributed by atoms with Gasteiger partial charge >= 0.3 is 0 Å². The maximum atomic E-state index is 13.1. The molecule has 5 heteroatoms. The van der Waals surface area contributed by atoms with Crippen LogP contribution in [0, 0.1) is 12.7 Å². The van der Waals surface area contributed by atoms with Gasteiger partial charge in [-0.1, -0.05) is 0 Å². The van der Waals surface area contributed by atoms with E-state index in [4.69, 9.17) is 16.0 Å². The van der Waals surface area contributed by atoms with Crippen molar-refractivity contribution in [1.82, 2.24) is 9.97 Å². The van der Waals surface area contributed by atoms with E-state index in [2.05, 4.69) is 9.97 Å². The summed E-state index contributed by atoms with van der Waals surface area (Å²) in [6.07, 6.45) is 1.62. The summed E-state index contributed by atoms with van der Waals surface area (Å²) in [6, 6.07) is 6.10. The molecule has 0 radical (unpaired) electrons. The van der Waals surface area contributed by atoms with Crippen molar-refractivity contribution in [3.8, 4) is 11.5 Å². The number of aryl methyl sites for hydroxylation is 1. The third-order valence-corrected chi connectivity index (χ3v) is 2.84. The smallest absolute Gasteiger partial charge is 0.223 e. The molecule has 2 heterocycles. The lowest BCUT2D eigenvalue weighted by Gasteiger charge is -2.00. The topological polar surface area (TPSA) is 38.9 Å². The molecule has 0 unspecified atom stereocenters. The van der Waals surface area contributed by atoms with Crippen LogP contribution in [0.4, 0.5) is 4.39 Å². The van der Waals surface area contributed by atoms with Gasteiger partial charge in [0, 0.05) is 11.6 Å². The van der Waals surface area contributed by atoms with E-state index in [1.54, 1.807) is 18.3 Å². The fourth-order valence-corrected chi connectivity index (χ4v) is 1.93. The number of benzene rings is 1.